The molecule has 0 saturated heterocycles. The molecule has 3 rings (SSSR count). The quantitative estimate of drug-likeness (QED) is 0.743. The number of anilines is 1. The van der Waals surface area contributed by atoms with E-state index in [-0.39, 0.29) is 23.0 Å². The second kappa shape index (κ2) is 7.08. The minimum absolute atomic E-state index is 0.0639. The van der Waals surface area contributed by atoms with Crippen molar-refractivity contribution in [1.29, 1.82) is 0 Å². The Morgan fingerprint density at radius 2 is 2.00 bits per heavy atom. The number of nitrogens with zero attached hydrogens (tertiary/aromatic N) is 1. The van der Waals surface area contributed by atoms with Crippen LogP contribution < -0.4 is 4.90 Å². The zero-order chi connectivity index (χ0) is 19.0. The van der Waals surface area contributed by atoms with Crippen molar-refractivity contribution in [2.24, 2.45) is 0 Å². The van der Waals surface area contributed by atoms with E-state index in [1.807, 2.05) is 24.0 Å². The summed E-state index contributed by atoms with van der Waals surface area (Å²) in [6.45, 7) is 1.96. The molecule has 0 amide bonds. The molecule has 0 radical (unpaired) electrons. The number of hydrogen-bond donors (Lipinski definition) is 0. The summed E-state index contributed by atoms with van der Waals surface area (Å²) >= 11 is 6.35. The number of carbonyl (C=O) groups excluding carboxylic acids is 2. The van der Waals surface area contributed by atoms with Crippen LogP contribution in [-0.4, -0.2) is 32.0 Å². The van der Waals surface area contributed by atoms with Gasteiger partial charge in [-0.05, 0) is 30.2 Å². The molecule has 2 aromatic rings. The van der Waals surface area contributed by atoms with Gasteiger partial charge < -0.3 is 9.64 Å². The van der Waals surface area contributed by atoms with Crippen molar-refractivity contribution in [1.82, 2.24) is 0 Å². The van der Waals surface area contributed by atoms with Crippen molar-refractivity contribution in [2.75, 3.05) is 19.1 Å². The van der Waals surface area contributed by atoms with E-state index in [0.717, 1.165) is 6.07 Å². The molecular formula is C20H19ClFNO3. The number of carbonyl (C=O) groups is 2. The molecule has 1 aliphatic rings. The van der Waals surface area contributed by atoms with Crippen LogP contribution in [0.25, 0.3) is 0 Å². The van der Waals surface area contributed by atoms with Gasteiger partial charge in [0.2, 0.25) is 0 Å². The molecule has 0 spiro atoms. The van der Waals surface area contributed by atoms with Crippen LogP contribution in [0.2, 0.25) is 5.02 Å². The number of Topliss-reactive ketones (excluding diaryl/α,β-unsaturated/α-hetero) is 1. The van der Waals surface area contributed by atoms with Gasteiger partial charge in [0, 0.05) is 18.1 Å². The van der Waals surface area contributed by atoms with Gasteiger partial charge in [-0.2, -0.15) is 0 Å². The summed E-state index contributed by atoms with van der Waals surface area (Å²) in [7, 11) is 3.00. The van der Waals surface area contributed by atoms with Gasteiger partial charge in [-0.3, -0.25) is 4.79 Å². The summed E-state index contributed by atoms with van der Waals surface area (Å²) in [5.41, 5.74) is 1.20. The van der Waals surface area contributed by atoms with E-state index in [0.29, 0.717) is 22.7 Å². The monoisotopic (exact) mass is 375 g/mol. The van der Waals surface area contributed by atoms with Gasteiger partial charge in [-0.25, -0.2) is 9.18 Å². The maximum absolute atomic E-state index is 14.1. The third kappa shape index (κ3) is 2.86. The predicted molar refractivity (Wildman–Crippen MR) is 98.7 cm³/mol. The van der Waals surface area contributed by atoms with Crippen LogP contribution in [0.5, 0.6) is 0 Å². The maximum Gasteiger partial charge on any atom is 0.338 e. The highest BCUT2D eigenvalue weighted by atomic mass is 35.5. The standard InChI is InChI=1S/C20H19ClFNO3/c1-4-15-17(12-7-5-6-8-14(12)21)19(24)18-13(20(25)26-3)9-11(22)10-16(18)23(15)2/h5-10,15,17H,4H2,1-3H3. The van der Waals surface area contributed by atoms with Crippen molar-refractivity contribution in [2.45, 2.75) is 25.3 Å². The Morgan fingerprint density at radius 3 is 2.62 bits per heavy atom. The average Bonchev–Trinajstić information content (AvgIpc) is 2.63. The lowest BCUT2D eigenvalue weighted by Gasteiger charge is -2.41. The molecule has 2 unspecified atom stereocenters. The van der Waals surface area contributed by atoms with E-state index in [9.17, 15) is 14.0 Å². The first-order valence-corrected chi connectivity index (χ1v) is 8.71. The van der Waals surface area contributed by atoms with Crippen LogP contribution >= 0.6 is 11.6 Å². The SMILES string of the molecule is CCC1C(c2ccccc2Cl)C(=O)c2c(C(=O)OC)cc(F)cc2N1C. The van der Waals surface area contributed by atoms with Crippen molar-refractivity contribution < 1.29 is 18.7 Å². The fourth-order valence-corrected chi connectivity index (χ4v) is 3.97. The van der Waals surface area contributed by atoms with Crippen LogP contribution in [0.1, 0.15) is 45.5 Å². The van der Waals surface area contributed by atoms with Gasteiger partial charge in [-0.15, -0.1) is 0 Å². The molecule has 2 aromatic carbocycles. The number of likely N-dealkylation sites (N-methyl/N-ethyl adjacent to an activating group) is 1. The van der Waals surface area contributed by atoms with Crippen molar-refractivity contribution in [3.63, 3.8) is 0 Å². The summed E-state index contributed by atoms with van der Waals surface area (Å²) in [6.07, 6.45) is 0.654. The predicted octanol–water partition coefficient (Wildman–Crippen LogP) is 4.46. The first-order valence-electron chi connectivity index (χ1n) is 8.34. The molecule has 0 fully saturated rings. The Labute approximate surface area is 156 Å². The third-order valence-corrected chi connectivity index (χ3v) is 5.28. The Balaban J connectivity index is 2.27. The Kier molecular flexibility index (Phi) is 5.01. The van der Waals surface area contributed by atoms with E-state index >= 15 is 0 Å². The molecule has 136 valence electrons. The number of esters is 1. The molecule has 1 heterocycles. The number of halogens is 2. The summed E-state index contributed by atoms with van der Waals surface area (Å²) < 4.78 is 18.9. The molecule has 0 bridgehead atoms. The van der Waals surface area contributed by atoms with Crippen molar-refractivity contribution >= 4 is 29.0 Å². The average molecular weight is 376 g/mol. The summed E-state index contributed by atoms with van der Waals surface area (Å²) in [5.74, 6) is -2.14. The van der Waals surface area contributed by atoms with Crippen LogP contribution in [0.15, 0.2) is 36.4 Å². The van der Waals surface area contributed by atoms with Gasteiger partial charge in [0.15, 0.2) is 5.78 Å². The zero-order valence-electron chi connectivity index (χ0n) is 14.8. The number of ether oxygens (including phenoxy) is 1. The van der Waals surface area contributed by atoms with E-state index in [4.69, 9.17) is 16.3 Å². The molecule has 26 heavy (non-hydrogen) atoms. The lowest BCUT2D eigenvalue weighted by Crippen LogP contribution is -2.45. The highest BCUT2D eigenvalue weighted by molar-refractivity contribution is 6.32. The number of ketones is 1. The van der Waals surface area contributed by atoms with Crippen LogP contribution in [0.3, 0.4) is 0 Å². The first-order chi connectivity index (χ1) is 12.4. The van der Waals surface area contributed by atoms with Gasteiger partial charge in [0.05, 0.1) is 29.8 Å². The van der Waals surface area contributed by atoms with Gasteiger partial charge >= 0.3 is 5.97 Å². The van der Waals surface area contributed by atoms with Crippen molar-refractivity contribution in [3.8, 4) is 0 Å². The van der Waals surface area contributed by atoms with Crippen LogP contribution in [0.4, 0.5) is 10.1 Å². The number of methoxy groups -OCH3 is 1. The van der Waals surface area contributed by atoms with Gasteiger partial charge in [0.1, 0.15) is 5.82 Å². The molecule has 0 aromatic heterocycles. The van der Waals surface area contributed by atoms with Gasteiger partial charge in [0.25, 0.3) is 0 Å². The molecule has 0 N–H and O–H groups in total. The van der Waals surface area contributed by atoms with E-state index in [1.54, 1.807) is 19.2 Å². The van der Waals surface area contributed by atoms with Crippen LogP contribution in [0, 0.1) is 5.82 Å². The fraction of sp³-hybridized carbons (Fsp3) is 0.300. The number of benzene rings is 2. The second-order valence-corrected chi connectivity index (χ2v) is 6.70. The molecule has 2 atom stereocenters. The Morgan fingerprint density at radius 1 is 1.31 bits per heavy atom. The molecule has 4 nitrogen and oxygen atoms in total. The molecule has 6 heteroatoms. The summed E-state index contributed by atoms with van der Waals surface area (Å²) in [6, 6.07) is 9.29. The highest BCUT2D eigenvalue weighted by Crippen LogP contribution is 2.43. The third-order valence-electron chi connectivity index (χ3n) is 4.94. The van der Waals surface area contributed by atoms with Gasteiger partial charge in [-0.1, -0.05) is 36.7 Å². The van der Waals surface area contributed by atoms with E-state index in [2.05, 4.69) is 0 Å². The van der Waals surface area contributed by atoms with E-state index in [1.165, 1.54) is 13.2 Å². The van der Waals surface area contributed by atoms with Crippen molar-refractivity contribution in [3.05, 3.63) is 63.9 Å². The lowest BCUT2D eigenvalue weighted by molar-refractivity contribution is 0.0595. The Bertz CT molecular complexity index is 883. The molecule has 1 aliphatic heterocycles. The topological polar surface area (TPSA) is 46.6 Å². The fourth-order valence-electron chi connectivity index (χ4n) is 3.72. The zero-order valence-corrected chi connectivity index (χ0v) is 15.5. The minimum atomic E-state index is -0.740. The van der Waals surface area contributed by atoms with E-state index < -0.39 is 17.7 Å². The smallest absolute Gasteiger partial charge is 0.338 e. The highest BCUT2D eigenvalue weighted by Gasteiger charge is 2.42. The summed E-state index contributed by atoms with van der Waals surface area (Å²) in [5, 5.41) is 0.489. The lowest BCUT2D eigenvalue weighted by atomic mass is 9.77. The molecule has 0 saturated carbocycles. The Hall–Kier alpha value is -2.40. The number of hydrogen-bond acceptors (Lipinski definition) is 4. The number of rotatable bonds is 3. The second-order valence-electron chi connectivity index (χ2n) is 6.29. The normalized spacial score (nSPS) is 19.3. The largest absolute Gasteiger partial charge is 0.465 e. The molecular weight excluding hydrogens is 357 g/mol. The maximum atomic E-state index is 14.1. The number of fused-ring (bicyclic) bond motifs is 1. The molecule has 0 aliphatic carbocycles. The summed E-state index contributed by atoms with van der Waals surface area (Å²) in [4.78, 5) is 27.4. The minimum Gasteiger partial charge on any atom is -0.465 e. The van der Waals surface area contributed by atoms with Crippen LogP contribution in [-0.2, 0) is 4.74 Å². The first kappa shape index (κ1) is 18.4.